The molecule has 0 aromatic carbocycles. The topological polar surface area (TPSA) is 23.8 Å². The molecule has 1 fully saturated rings. The van der Waals surface area contributed by atoms with E-state index in [1.807, 2.05) is 20.3 Å². The van der Waals surface area contributed by atoms with Gasteiger partial charge in [0.1, 0.15) is 0 Å². The SMILES string of the molecule is C[CH-]C.[CH2-]C1CCCCC1[NH-].[Y+3].[Y].[Y]. The molecule has 1 saturated carbocycles. The fourth-order valence-electron chi connectivity index (χ4n) is 1.21. The van der Waals surface area contributed by atoms with Crippen LogP contribution in [-0.4, -0.2) is 6.04 Å². The largest absolute Gasteiger partial charge is 3.00 e. The molecule has 14 heavy (non-hydrogen) atoms. The summed E-state index contributed by atoms with van der Waals surface area (Å²) >= 11 is 0. The van der Waals surface area contributed by atoms with Crippen molar-refractivity contribution in [2.45, 2.75) is 45.6 Å². The predicted octanol–water partition coefficient (Wildman–Crippen LogP) is 3.65. The van der Waals surface area contributed by atoms with E-state index in [-0.39, 0.29) is 104 Å². The van der Waals surface area contributed by atoms with E-state index in [0.29, 0.717) is 5.92 Å². The zero-order valence-electron chi connectivity index (χ0n) is 9.50. The second-order valence-electron chi connectivity index (χ2n) is 3.23. The van der Waals surface area contributed by atoms with Gasteiger partial charge in [-0.05, 0) is 0 Å². The zero-order valence-corrected chi connectivity index (χ0v) is 18.0. The molecule has 0 aliphatic heterocycles. The van der Waals surface area contributed by atoms with Crippen molar-refractivity contribution in [1.82, 2.24) is 0 Å². The van der Waals surface area contributed by atoms with Crippen LogP contribution in [-0.2, 0) is 98.1 Å². The fraction of sp³-hybridized carbons (Fsp3) is 0.800. The molecule has 2 unspecified atom stereocenters. The van der Waals surface area contributed by atoms with Crippen molar-refractivity contribution in [2.75, 3.05) is 0 Å². The number of nitrogens with one attached hydrogen (secondary N) is 1. The Morgan fingerprint density at radius 2 is 1.50 bits per heavy atom. The summed E-state index contributed by atoms with van der Waals surface area (Å²) < 4.78 is 0. The van der Waals surface area contributed by atoms with Crippen molar-refractivity contribution >= 4 is 0 Å². The van der Waals surface area contributed by atoms with Gasteiger partial charge in [0, 0.05) is 65.4 Å². The van der Waals surface area contributed by atoms with Crippen LogP contribution in [0.1, 0.15) is 39.5 Å². The molecule has 74 valence electrons. The molecule has 1 nitrogen and oxygen atoms in total. The van der Waals surface area contributed by atoms with E-state index >= 15 is 0 Å². The third-order valence-corrected chi connectivity index (χ3v) is 1.91. The van der Waals surface area contributed by atoms with Gasteiger partial charge in [0.2, 0.25) is 0 Å². The summed E-state index contributed by atoms with van der Waals surface area (Å²) in [6.07, 6.45) is 6.80. The van der Waals surface area contributed by atoms with Crippen molar-refractivity contribution in [2.24, 2.45) is 5.92 Å². The molecule has 4 heteroatoms. The molecule has 1 aliphatic carbocycles. The van der Waals surface area contributed by atoms with Gasteiger partial charge in [0.05, 0.1) is 0 Å². The van der Waals surface area contributed by atoms with Crippen LogP contribution in [0.2, 0.25) is 0 Å². The van der Waals surface area contributed by atoms with Crippen LogP contribution in [0, 0.1) is 19.3 Å². The minimum absolute atomic E-state index is 0. The Kier molecular flexibility index (Phi) is 34.6. The Bertz CT molecular complexity index is 81.4. The Morgan fingerprint density at radius 3 is 1.71 bits per heavy atom. The van der Waals surface area contributed by atoms with Gasteiger partial charge in [-0.2, -0.15) is 25.8 Å². The molecule has 0 bridgehead atoms. The van der Waals surface area contributed by atoms with Crippen molar-refractivity contribution in [3.05, 3.63) is 19.1 Å². The molecule has 2 atom stereocenters. The first kappa shape index (κ1) is 26.0. The molecule has 0 heterocycles. The summed E-state index contributed by atoms with van der Waals surface area (Å²) in [5.74, 6) is 0.420. The molecule has 0 spiro atoms. The van der Waals surface area contributed by atoms with Crippen LogP contribution < -0.4 is 0 Å². The van der Waals surface area contributed by atoms with Gasteiger partial charge in [-0.3, -0.25) is 0 Å². The van der Waals surface area contributed by atoms with Crippen LogP contribution in [0.15, 0.2) is 0 Å². The molecule has 0 aromatic heterocycles. The van der Waals surface area contributed by atoms with Gasteiger partial charge >= 0.3 is 32.7 Å². The Balaban J connectivity index is -0.0000000758. The van der Waals surface area contributed by atoms with Gasteiger partial charge in [-0.15, -0.1) is 0 Å². The van der Waals surface area contributed by atoms with E-state index in [1.54, 1.807) is 0 Å². The second-order valence-corrected chi connectivity index (χ2v) is 3.23. The average Bonchev–Trinajstić information content (AvgIpc) is 1.97. The smallest absolute Gasteiger partial charge is 0.677 e. The summed E-state index contributed by atoms with van der Waals surface area (Å²) in [5.41, 5.74) is 7.42. The van der Waals surface area contributed by atoms with E-state index in [0.717, 1.165) is 6.42 Å². The number of rotatable bonds is 0. The van der Waals surface area contributed by atoms with E-state index in [4.69, 9.17) is 5.73 Å². The molecule has 0 saturated heterocycles. The summed E-state index contributed by atoms with van der Waals surface area (Å²) in [6.45, 7) is 7.89. The second kappa shape index (κ2) is 18.6. The Hall–Kier alpha value is 3.27. The summed E-state index contributed by atoms with van der Waals surface area (Å²) in [6, 6.07) is 0.142. The molecule has 0 amide bonds. The van der Waals surface area contributed by atoms with Crippen LogP contribution in [0.5, 0.6) is 0 Å². The molecule has 0 aromatic rings. The molecular weight excluding hydrogens is 401 g/mol. The standard InChI is InChI=1S/C7H13N.C3H7.3Y/c1-6-4-2-3-5-7(6)8;1-3-2;;;/h6-8H,1-5H2;3H,1-2H3;;;/q-2;-1;;;+3. The van der Waals surface area contributed by atoms with Gasteiger partial charge in [0.15, 0.2) is 0 Å². The van der Waals surface area contributed by atoms with Gasteiger partial charge in [0.25, 0.3) is 0 Å². The first-order valence-electron chi connectivity index (χ1n) is 4.50. The van der Waals surface area contributed by atoms with Crippen molar-refractivity contribution < 1.29 is 98.1 Å². The summed E-state index contributed by atoms with van der Waals surface area (Å²) in [7, 11) is 0. The zero-order chi connectivity index (χ0) is 8.69. The minimum Gasteiger partial charge on any atom is -0.677 e. The average molecular weight is 421 g/mol. The quantitative estimate of drug-likeness (QED) is 0.534. The van der Waals surface area contributed by atoms with Crippen molar-refractivity contribution in [3.63, 3.8) is 0 Å². The maximum atomic E-state index is 7.42. The maximum absolute atomic E-state index is 7.42. The van der Waals surface area contributed by atoms with E-state index in [9.17, 15) is 0 Å². The number of hydrogen-bond donors (Lipinski definition) is 0. The van der Waals surface area contributed by atoms with E-state index < -0.39 is 0 Å². The third-order valence-electron chi connectivity index (χ3n) is 1.91. The van der Waals surface area contributed by atoms with Crippen LogP contribution in [0.25, 0.3) is 5.73 Å². The fourth-order valence-corrected chi connectivity index (χ4v) is 1.21. The normalized spacial score (nSPS) is 24.0. The van der Waals surface area contributed by atoms with Crippen molar-refractivity contribution in [3.8, 4) is 0 Å². The Morgan fingerprint density at radius 1 is 1.14 bits per heavy atom. The Labute approximate surface area is 166 Å². The first-order chi connectivity index (χ1) is 5.22. The molecule has 1 aliphatic rings. The van der Waals surface area contributed by atoms with E-state index in [1.165, 1.54) is 19.3 Å². The van der Waals surface area contributed by atoms with Crippen LogP contribution in [0.4, 0.5) is 0 Å². The monoisotopic (exact) mass is 421 g/mol. The molecule has 2 radical (unpaired) electrons. The number of hydrogen-bond acceptors (Lipinski definition) is 0. The maximum Gasteiger partial charge on any atom is 3.00 e. The van der Waals surface area contributed by atoms with Gasteiger partial charge < -0.3 is 19.1 Å². The minimum atomic E-state index is 0. The summed E-state index contributed by atoms with van der Waals surface area (Å²) in [4.78, 5) is 0. The third kappa shape index (κ3) is 15.3. The summed E-state index contributed by atoms with van der Waals surface area (Å²) in [5, 5.41) is 0. The van der Waals surface area contributed by atoms with Crippen molar-refractivity contribution in [1.29, 1.82) is 0 Å². The van der Waals surface area contributed by atoms with E-state index in [2.05, 4.69) is 6.92 Å². The predicted molar refractivity (Wildman–Crippen MR) is 51.1 cm³/mol. The van der Waals surface area contributed by atoms with Crippen LogP contribution >= 0.6 is 0 Å². The van der Waals surface area contributed by atoms with Gasteiger partial charge in [-0.25, -0.2) is 0 Å². The molecular formula is C10H20NY3. The van der Waals surface area contributed by atoms with Crippen LogP contribution in [0.3, 0.4) is 0 Å². The molecule has 1 rings (SSSR count). The first-order valence-corrected chi connectivity index (χ1v) is 4.50. The molecule has 1 N–H and O–H groups in total. The van der Waals surface area contributed by atoms with Gasteiger partial charge in [-0.1, -0.05) is 25.7 Å².